The van der Waals surface area contributed by atoms with E-state index in [2.05, 4.69) is 25.3 Å². The van der Waals surface area contributed by atoms with E-state index < -0.39 is 0 Å². The quantitative estimate of drug-likeness (QED) is 0.416. The van der Waals surface area contributed by atoms with Gasteiger partial charge in [-0.25, -0.2) is 24.3 Å². The van der Waals surface area contributed by atoms with Gasteiger partial charge in [0.2, 0.25) is 0 Å². The maximum Gasteiger partial charge on any atom is 0.190 e. The third-order valence-electron chi connectivity index (χ3n) is 4.06. The number of fused-ring (bicyclic) bond motifs is 2. The van der Waals surface area contributed by atoms with Gasteiger partial charge >= 0.3 is 0 Å². The SMILES string of the molecule is Fc1ccccc1Sc1ccc2ncnc(Nc3nc4cccnc4s3)c2c1. The van der Waals surface area contributed by atoms with Crippen molar-refractivity contribution >= 4 is 55.3 Å². The molecule has 3 heterocycles. The number of hydrogen-bond acceptors (Lipinski definition) is 7. The van der Waals surface area contributed by atoms with Gasteiger partial charge in [-0.3, -0.25) is 0 Å². The van der Waals surface area contributed by atoms with Crippen molar-refractivity contribution in [2.45, 2.75) is 9.79 Å². The fourth-order valence-corrected chi connectivity index (χ4v) is 4.46. The monoisotopic (exact) mass is 405 g/mol. The van der Waals surface area contributed by atoms with Crippen LogP contribution in [-0.2, 0) is 0 Å². The summed E-state index contributed by atoms with van der Waals surface area (Å²) in [5.41, 5.74) is 1.64. The average molecular weight is 405 g/mol. The Balaban J connectivity index is 1.52. The first kappa shape index (κ1) is 17.0. The van der Waals surface area contributed by atoms with Gasteiger partial charge in [0, 0.05) is 21.4 Å². The van der Waals surface area contributed by atoms with E-state index >= 15 is 0 Å². The Labute approximate surface area is 167 Å². The summed E-state index contributed by atoms with van der Waals surface area (Å²) in [7, 11) is 0. The zero-order chi connectivity index (χ0) is 18.9. The molecule has 0 fully saturated rings. The van der Waals surface area contributed by atoms with Crippen molar-refractivity contribution in [1.29, 1.82) is 0 Å². The van der Waals surface area contributed by atoms with Crippen LogP contribution in [0.5, 0.6) is 0 Å². The zero-order valence-electron chi connectivity index (χ0n) is 14.3. The van der Waals surface area contributed by atoms with E-state index in [0.29, 0.717) is 15.8 Å². The Kier molecular flexibility index (Phi) is 4.34. The summed E-state index contributed by atoms with van der Waals surface area (Å²) in [6.45, 7) is 0. The van der Waals surface area contributed by atoms with Crippen molar-refractivity contribution < 1.29 is 4.39 Å². The highest BCUT2D eigenvalue weighted by Crippen LogP contribution is 2.34. The van der Waals surface area contributed by atoms with Gasteiger partial charge in [-0.1, -0.05) is 35.2 Å². The fraction of sp³-hybridized carbons (Fsp3) is 0. The van der Waals surface area contributed by atoms with E-state index in [1.807, 2.05) is 36.4 Å². The number of aromatic nitrogens is 4. The van der Waals surface area contributed by atoms with Gasteiger partial charge in [0.05, 0.1) is 5.52 Å². The molecule has 0 unspecified atom stereocenters. The minimum atomic E-state index is -0.239. The molecule has 1 N–H and O–H groups in total. The molecule has 0 spiro atoms. The topological polar surface area (TPSA) is 63.6 Å². The zero-order valence-corrected chi connectivity index (χ0v) is 16.0. The van der Waals surface area contributed by atoms with E-state index in [1.165, 1.54) is 35.5 Å². The molecule has 0 saturated carbocycles. The van der Waals surface area contributed by atoms with Gasteiger partial charge in [0.1, 0.15) is 28.3 Å². The smallest absolute Gasteiger partial charge is 0.190 e. The molecule has 5 rings (SSSR count). The van der Waals surface area contributed by atoms with E-state index in [4.69, 9.17) is 0 Å². The normalized spacial score (nSPS) is 11.2. The number of halogens is 1. The van der Waals surface area contributed by atoms with E-state index in [9.17, 15) is 4.39 Å². The van der Waals surface area contributed by atoms with Gasteiger partial charge in [-0.2, -0.15) is 0 Å². The van der Waals surface area contributed by atoms with Crippen molar-refractivity contribution in [3.05, 3.63) is 72.9 Å². The second kappa shape index (κ2) is 7.14. The Morgan fingerprint density at radius 2 is 1.86 bits per heavy atom. The molecule has 136 valence electrons. The first-order valence-electron chi connectivity index (χ1n) is 8.42. The number of benzene rings is 2. The first-order chi connectivity index (χ1) is 13.8. The highest BCUT2D eigenvalue weighted by molar-refractivity contribution is 7.99. The second-order valence-corrected chi connectivity index (χ2v) is 8.00. The van der Waals surface area contributed by atoms with Crippen LogP contribution in [0.4, 0.5) is 15.3 Å². The summed E-state index contributed by atoms with van der Waals surface area (Å²) in [5, 5.41) is 4.82. The van der Waals surface area contributed by atoms with Crippen molar-refractivity contribution in [2.75, 3.05) is 5.32 Å². The Morgan fingerprint density at radius 1 is 0.929 bits per heavy atom. The van der Waals surface area contributed by atoms with Crippen LogP contribution in [0.1, 0.15) is 0 Å². The third-order valence-corrected chi connectivity index (χ3v) is 6.00. The highest BCUT2D eigenvalue weighted by atomic mass is 32.2. The second-order valence-electron chi connectivity index (χ2n) is 5.91. The summed E-state index contributed by atoms with van der Waals surface area (Å²) in [5.74, 6) is 0.414. The number of nitrogens with one attached hydrogen (secondary N) is 1. The van der Waals surface area contributed by atoms with Crippen LogP contribution in [0, 0.1) is 5.82 Å². The Hall–Kier alpha value is -3.10. The molecule has 0 atom stereocenters. The van der Waals surface area contributed by atoms with Crippen LogP contribution in [0.2, 0.25) is 0 Å². The molecule has 8 heteroatoms. The number of rotatable bonds is 4. The maximum atomic E-state index is 14.0. The van der Waals surface area contributed by atoms with Crippen molar-refractivity contribution in [1.82, 2.24) is 19.9 Å². The van der Waals surface area contributed by atoms with Crippen LogP contribution in [0.15, 0.2) is 76.9 Å². The summed E-state index contributed by atoms with van der Waals surface area (Å²) >= 11 is 2.83. The van der Waals surface area contributed by atoms with Crippen molar-refractivity contribution in [2.24, 2.45) is 0 Å². The molecule has 0 amide bonds. The van der Waals surface area contributed by atoms with Crippen LogP contribution in [0.25, 0.3) is 21.3 Å². The molecule has 0 radical (unpaired) electrons. The molecule has 0 aliphatic heterocycles. The van der Waals surface area contributed by atoms with Gasteiger partial charge in [0.25, 0.3) is 0 Å². The van der Waals surface area contributed by atoms with Crippen LogP contribution >= 0.6 is 23.1 Å². The van der Waals surface area contributed by atoms with Gasteiger partial charge in [0.15, 0.2) is 5.13 Å². The van der Waals surface area contributed by atoms with E-state index in [1.54, 1.807) is 18.3 Å². The molecule has 0 aliphatic carbocycles. The number of hydrogen-bond donors (Lipinski definition) is 1. The number of anilines is 2. The lowest BCUT2D eigenvalue weighted by Gasteiger charge is -2.08. The Bertz CT molecular complexity index is 1270. The molecular weight excluding hydrogens is 393 g/mol. The summed E-state index contributed by atoms with van der Waals surface area (Å²) in [6.07, 6.45) is 3.26. The molecular formula is C20H12FN5S2. The molecule has 0 aliphatic rings. The first-order valence-corrected chi connectivity index (χ1v) is 10.1. The van der Waals surface area contributed by atoms with Gasteiger partial charge in [-0.15, -0.1) is 0 Å². The van der Waals surface area contributed by atoms with Crippen LogP contribution in [0.3, 0.4) is 0 Å². The minimum Gasteiger partial charge on any atom is -0.316 e. The fourth-order valence-electron chi connectivity index (χ4n) is 2.78. The van der Waals surface area contributed by atoms with Crippen LogP contribution in [-0.4, -0.2) is 19.9 Å². The Morgan fingerprint density at radius 3 is 2.75 bits per heavy atom. The minimum absolute atomic E-state index is 0.239. The third kappa shape index (κ3) is 3.28. The molecule has 5 nitrogen and oxygen atoms in total. The predicted molar refractivity (Wildman–Crippen MR) is 111 cm³/mol. The molecule has 3 aromatic heterocycles. The summed E-state index contributed by atoms with van der Waals surface area (Å²) in [4.78, 5) is 19.9. The average Bonchev–Trinajstić information content (AvgIpc) is 3.12. The number of pyridine rings is 1. The predicted octanol–water partition coefficient (Wildman–Crippen LogP) is 5.67. The van der Waals surface area contributed by atoms with E-state index in [0.717, 1.165) is 26.1 Å². The van der Waals surface area contributed by atoms with Crippen molar-refractivity contribution in [3.63, 3.8) is 0 Å². The maximum absolute atomic E-state index is 14.0. The molecule has 2 aromatic carbocycles. The van der Waals surface area contributed by atoms with Gasteiger partial charge in [-0.05, 0) is 42.5 Å². The molecule has 0 bridgehead atoms. The highest BCUT2D eigenvalue weighted by Gasteiger charge is 2.10. The summed E-state index contributed by atoms with van der Waals surface area (Å²) in [6, 6.07) is 16.3. The van der Waals surface area contributed by atoms with Crippen molar-refractivity contribution in [3.8, 4) is 0 Å². The lowest BCUT2D eigenvalue weighted by atomic mass is 10.2. The van der Waals surface area contributed by atoms with Gasteiger partial charge < -0.3 is 5.32 Å². The lowest BCUT2D eigenvalue weighted by Crippen LogP contribution is -1.95. The standard InChI is InChI=1S/C20H12FN5S2/c21-14-4-1-2-6-17(14)27-12-7-8-15-13(10-12)18(24-11-23-15)26-20-25-16-5-3-9-22-19(16)28-20/h1-11H,(H,23,24,25,26). The lowest BCUT2D eigenvalue weighted by molar-refractivity contribution is 0.602. The number of nitrogens with zero attached hydrogens (tertiary/aromatic N) is 4. The number of thiazole rings is 1. The van der Waals surface area contributed by atoms with Crippen LogP contribution < -0.4 is 5.32 Å². The molecule has 5 aromatic rings. The molecule has 0 saturated heterocycles. The molecule has 28 heavy (non-hydrogen) atoms. The summed E-state index contributed by atoms with van der Waals surface area (Å²) < 4.78 is 14.0. The largest absolute Gasteiger partial charge is 0.316 e. The van der Waals surface area contributed by atoms with E-state index in [-0.39, 0.29) is 5.82 Å².